The molecule has 0 heterocycles. The minimum atomic E-state index is -0.414. The average Bonchev–Trinajstić information content (AvgIpc) is 2.37. The van der Waals surface area contributed by atoms with Crippen LogP contribution < -0.4 is 10.6 Å². The first-order valence-corrected chi connectivity index (χ1v) is 5.92. The van der Waals surface area contributed by atoms with E-state index >= 15 is 0 Å². The number of nitrogens with zero attached hydrogens (tertiary/aromatic N) is 1. The summed E-state index contributed by atoms with van der Waals surface area (Å²) >= 11 is 5.70. The van der Waals surface area contributed by atoms with Crippen LogP contribution in [-0.2, 0) is 11.3 Å². The summed E-state index contributed by atoms with van der Waals surface area (Å²) in [5.41, 5.74) is 0.885. The lowest BCUT2D eigenvalue weighted by Gasteiger charge is -2.11. The summed E-state index contributed by atoms with van der Waals surface area (Å²) in [6.45, 7) is 1.79. The molecule has 1 rings (SSSR count). The zero-order chi connectivity index (χ0) is 13.4. The number of hydrogen-bond donors (Lipinski definition) is 2. The second-order valence-electron chi connectivity index (χ2n) is 3.59. The maximum absolute atomic E-state index is 13.0. The highest BCUT2D eigenvalue weighted by Gasteiger charge is 2.02. The van der Waals surface area contributed by atoms with Crippen molar-refractivity contribution < 1.29 is 9.13 Å². The summed E-state index contributed by atoms with van der Waals surface area (Å²) in [7, 11) is 3.32. The molecule has 0 aliphatic rings. The van der Waals surface area contributed by atoms with E-state index in [0.29, 0.717) is 25.7 Å². The molecule has 0 aromatic heterocycles. The van der Waals surface area contributed by atoms with Crippen LogP contribution in [0.3, 0.4) is 0 Å². The standard InChI is InChI=1S/C12H17ClFN3O.HI/c1-15-12(16-5-6-18-2)17-8-9-3-4-11(14)10(13)7-9;/h3-4,7H,5-6,8H2,1-2H3,(H2,15,16,17);1H. The van der Waals surface area contributed by atoms with Crippen molar-refractivity contribution in [1.82, 2.24) is 10.6 Å². The van der Waals surface area contributed by atoms with Gasteiger partial charge in [-0.25, -0.2) is 4.39 Å². The van der Waals surface area contributed by atoms with Gasteiger partial charge < -0.3 is 15.4 Å². The normalized spacial score (nSPS) is 10.8. The molecule has 108 valence electrons. The quantitative estimate of drug-likeness (QED) is 0.345. The first-order chi connectivity index (χ1) is 8.67. The smallest absolute Gasteiger partial charge is 0.191 e. The Hall–Kier alpha value is -0.600. The lowest BCUT2D eigenvalue weighted by atomic mass is 10.2. The number of guanidine groups is 1. The lowest BCUT2D eigenvalue weighted by Crippen LogP contribution is -2.38. The number of hydrogen-bond acceptors (Lipinski definition) is 2. The molecule has 7 heteroatoms. The van der Waals surface area contributed by atoms with Crippen molar-refractivity contribution >= 4 is 41.5 Å². The summed E-state index contributed by atoms with van der Waals surface area (Å²) in [5.74, 6) is 0.246. The van der Waals surface area contributed by atoms with Crippen LogP contribution in [0, 0.1) is 5.82 Å². The van der Waals surface area contributed by atoms with Gasteiger partial charge in [-0.1, -0.05) is 17.7 Å². The Bertz CT molecular complexity index is 418. The van der Waals surface area contributed by atoms with Gasteiger partial charge in [-0.2, -0.15) is 0 Å². The number of benzene rings is 1. The fraction of sp³-hybridized carbons (Fsp3) is 0.417. The monoisotopic (exact) mass is 401 g/mol. The third kappa shape index (κ3) is 6.93. The topological polar surface area (TPSA) is 45.7 Å². The first-order valence-electron chi connectivity index (χ1n) is 5.54. The Morgan fingerprint density at radius 2 is 2.16 bits per heavy atom. The number of ether oxygens (including phenoxy) is 1. The molecule has 0 aliphatic heterocycles. The minimum absolute atomic E-state index is 0. The van der Waals surface area contributed by atoms with Crippen LogP contribution in [0.5, 0.6) is 0 Å². The average molecular weight is 402 g/mol. The zero-order valence-electron chi connectivity index (χ0n) is 10.9. The van der Waals surface area contributed by atoms with Gasteiger partial charge in [0.1, 0.15) is 5.82 Å². The van der Waals surface area contributed by atoms with E-state index < -0.39 is 5.82 Å². The largest absolute Gasteiger partial charge is 0.383 e. The zero-order valence-corrected chi connectivity index (χ0v) is 14.0. The van der Waals surface area contributed by atoms with Gasteiger partial charge in [-0.3, -0.25) is 4.99 Å². The molecule has 0 unspecified atom stereocenters. The molecule has 0 amide bonds. The minimum Gasteiger partial charge on any atom is -0.383 e. The van der Waals surface area contributed by atoms with E-state index in [2.05, 4.69) is 15.6 Å². The van der Waals surface area contributed by atoms with Crippen LogP contribution in [0.2, 0.25) is 5.02 Å². The third-order valence-electron chi connectivity index (χ3n) is 2.27. The summed E-state index contributed by atoms with van der Waals surface area (Å²) in [4.78, 5) is 4.05. The Balaban J connectivity index is 0.00000324. The molecule has 4 nitrogen and oxygen atoms in total. The van der Waals surface area contributed by atoms with Crippen LogP contribution in [0.1, 0.15) is 5.56 Å². The molecule has 0 saturated carbocycles. The van der Waals surface area contributed by atoms with E-state index in [1.165, 1.54) is 6.07 Å². The molecule has 0 atom stereocenters. The SMILES string of the molecule is CN=C(NCCOC)NCc1ccc(F)c(Cl)c1.I. The molecule has 0 spiro atoms. The van der Waals surface area contributed by atoms with E-state index in [0.717, 1.165) is 5.56 Å². The van der Waals surface area contributed by atoms with Crippen molar-refractivity contribution in [2.75, 3.05) is 27.3 Å². The van der Waals surface area contributed by atoms with Crippen molar-refractivity contribution in [2.45, 2.75) is 6.54 Å². The molecular formula is C12H18ClFIN3O. The molecule has 1 aromatic rings. The molecule has 0 aliphatic carbocycles. The molecule has 19 heavy (non-hydrogen) atoms. The van der Waals surface area contributed by atoms with Crippen LogP contribution in [-0.4, -0.2) is 33.3 Å². The van der Waals surface area contributed by atoms with Gasteiger partial charge in [0.15, 0.2) is 5.96 Å². The van der Waals surface area contributed by atoms with Gasteiger partial charge in [0.05, 0.1) is 11.6 Å². The van der Waals surface area contributed by atoms with E-state index in [-0.39, 0.29) is 29.0 Å². The van der Waals surface area contributed by atoms with Gasteiger partial charge in [0.2, 0.25) is 0 Å². The van der Waals surface area contributed by atoms with Gasteiger partial charge in [0, 0.05) is 27.2 Å². The second kappa shape index (κ2) is 10.2. The van der Waals surface area contributed by atoms with E-state index in [9.17, 15) is 4.39 Å². The van der Waals surface area contributed by atoms with Gasteiger partial charge in [0.25, 0.3) is 0 Å². The molecule has 0 fully saturated rings. The summed E-state index contributed by atoms with van der Waals surface area (Å²) < 4.78 is 17.9. The van der Waals surface area contributed by atoms with E-state index in [4.69, 9.17) is 16.3 Å². The van der Waals surface area contributed by atoms with Crippen LogP contribution in [0.4, 0.5) is 4.39 Å². The Morgan fingerprint density at radius 1 is 1.42 bits per heavy atom. The van der Waals surface area contributed by atoms with Crippen molar-refractivity contribution in [1.29, 1.82) is 0 Å². The van der Waals surface area contributed by atoms with Gasteiger partial charge in [-0.15, -0.1) is 24.0 Å². The summed E-state index contributed by atoms with van der Waals surface area (Å²) in [6.07, 6.45) is 0. The maximum Gasteiger partial charge on any atom is 0.191 e. The lowest BCUT2D eigenvalue weighted by molar-refractivity contribution is 0.203. The fourth-order valence-electron chi connectivity index (χ4n) is 1.33. The second-order valence-corrected chi connectivity index (χ2v) is 4.00. The Kier molecular flexibility index (Phi) is 9.90. The van der Waals surface area contributed by atoms with Crippen LogP contribution >= 0.6 is 35.6 Å². The summed E-state index contributed by atoms with van der Waals surface area (Å²) in [6, 6.07) is 4.61. The number of aliphatic imine (C=N–C) groups is 1. The molecule has 2 N–H and O–H groups in total. The third-order valence-corrected chi connectivity index (χ3v) is 2.56. The predicted octanol–water partition coefficient (Wildman–Crippen LogP) is 2.41. The van der Waals surface area contributed by atoms with Crippen molar-refractivity contribution in [3.8, 4) is 0 Å². The van der Waals surface area contributed by atoms with Crippen LogP contribution in [0.15, 0.2) is 23.2 Å². The highest BCUT2D eigenvalue weighted by Crippen LogP contribution is 2.15. The Labute approximate surface area is 134 Å². The van der Waals surface area contributed by atoms with Gasteiger partial charge in [-0.05, 0) is 17.7 Å². The Morgan fingerprint density at radius 3 is 2.74 bits per heavy atom. The molecular weight excluding hydrogens is 384 g/mol. The fourth-order valence-corrected chi connectivity index (χ4v) is 1.53. The number of methoxy groups -OCH3 is 1. The highest BCUT2D eigenvalue weighted by molar-refractivity contribution is 14.0. The summed E-state index contributed by atoms with van der Waals surface area (Å²) in [5, 5.41) is 6.29. The van der Waals surface area contributed by atoms with Crippen molar-refractivity contribution in [3.63, 3.8) is 0 Å². The predicted molar refractivity (Wildman–Crippen MR) is 86.9 cm³/mol. The number of halogens is 3. The number of nitrogens with one attached hydrogen (secondary N) is 2. The number of rotatable bonds is 5. The van der Waals surface area contributed by atoms with Crippen molar-refractivity contribution in [2.24, 2.45) is 4.99 Å². The highest BCUT2D eigenvalue weighted by atomic mass is 127. The molecule has 0 saturated heterocycles. The van der Waals surface area contributed by atoms with Gasteiger partial charge >= 0.3 is 0 Å². The first kappa shape index (κ1) is 18.4. The maximum atomic E-state index is 13.0. The van der Waals surface area contributed by atoms with Crippen molar-refractivity contribution in [3.05, 3.63) is 34.6 Å². The van der Waals surface area contributed by atoms with Crippen LogP contribution in [0.25, 0.3) is 0 Å². The molecule has 0 radical (unpaired) electrons. The molecule has 1 aromatic carbocycles. The molecule has 0 bridgehead atoms. The van der Waals surface area contributed by atoms with E-state index in [1.807, 2.05) is 0 Å². The van der Waals surface area contributed by atoms with E-state index in [1.54, 1.807) is 26.3 Å².